The van der Waals surface area contributed by atoms with Crippen LogP contribution in [0.5, 0.6) is 0 Å². The minimum atomic E-state index is -0.761. The molecule has 4 nitrogen and oxygen atoms in total. The number of hydrogen-bond acceptors (Lipinski definition) is 4. The zero-order chi connectivity index (χ0) is 14.3. The van der Waals surface area contributed by atoms with Crippen LogP contribution in [0.2, 0.25) is 0 Å². The molecule has 4 heteroatoms. The number of carbonyl (C=O) groups is 1. The zero-order valence-electron chi connectivity index (χ0n) is 11.7. The van der Waals surface area contributed by atoms with E-state index in [0.717, 1.165) is 5.56 Å². The lowest BCUT2D eigenvalue weighted by Gasteiger charge is -2.23. The number of carbonyl (C=O) groups excluding carboxylic acids is 1. The van der Waals surface area contributed by atoms with Gasteiger partial charge in [-0.3, -0.25) is 4.79 Å². The number of aliphatic hydroxyl groups excluding tert-OH is 1. The van der Waals surface area contributed by atoms with E-state index in [2.05, 4.69) is 4.74 Å². The molecule has 106 valence electrons. The predicted molar refractivity (Wildman–Crippen MR) is 72.4 cm³/mol. The van der Waals surface area contributed by atoms with Crippen LogP contribution >= 0.6 is 0 Å². The molecule has 0 aliphatic carbocycles. The second kappa shape index (κ2) is 7.92. The van der Waals surface area contributed by atoms with Crippen LogP contribution in [0, 0.1) is 11.8 Å². The third kappa shape index (κ3) is 5.01. The van der Waals surface area contributed by atoms with Crippen molar-refractivity contribution >= 4 is 5.97 Å². The molecule has 1 aromatic carbocycles. The van der Waals surface area contributed by atoms with Crippen molar-refractivity contribution in [3.05, 3.63) is 35.9 Å². The standard InChI is InChI=1S/C15H22O4/c1-11(14(16)12(2)15(17)18-3)9-19-10-13-7-5-4-6-8-13/h4-8,11-12,14,16H,9-10H2,1-3H3/t11-,12+,14+/m1/s1. The first-order valence-electron chi connectivity index (χ1n) is 6.43. The first kappa shape index (κ1) is 15.7. The van der Waals surface area contributed by atoms with Gasteiger partial charge in [0.25, 0.3) is 0 Å². The second-order valence-electron chi connectivity index (χ2n) is 4.78. The molecule has 0 saturated heterocycles. The summed E-state index contributed by atoms with van der Waals surface area (Å²) in [5.74, 6) is -1.07. The predicted octanol–water partition coefficient (Wildman–Crippen LogP) is 2.01. The van der Waals surface area contributed by atoms with Gasteiger partial charge in [0, 0.05) is 5.92 Å². The molecule has 0 saturated carbocycles. The summed E-state index contributed by atoms with van der Waals surface area (Å²) in [6.45, 7) is 4.42. The number of benzene rings is 1. The van der Waals surface area contributed by atoms with E-state index in [1.165, 1.54) is 7.11 Å². The molecular formula is C15H22O4. The molecule has 3 atom stereocenters. The molecule has 0 aliphatic heterocycles. The van der Waals surface area contributed by atoms with Crippen LogP contribution in [0.15, 0.2) is 30.3 Å². The number of hydrogen-bond donors (Lipinski definition) is 1. The molecule has 19 heavy (non-hydrogen) atoms. The largest absolute Gasteiger partial charge is 0.469 e. The molecule has 0 bridgehead atoms. The van der Waals surface area contributed by atoms with Gasteiger partial charge < -0.3 is 14.6 Å². The Bertz CT molecular complexity index is 377. The molecular weight excluding hydrogens is 244 g/mol. The van der Waals surface area contributed by atoms with E-state index < -0.39 is 18.0 Å². The van der Waals surface area contributed by atoms with Crippen molar-refractivity contribution < 1.29 is 19.4 Å². The summed E-state index contributed by atoms with van der Waals surface area (Å²) in [5.41, 5.74) is 1.09. The van der Waals surface area contributed by atoms with Gasteiger partial charge >= 0.3 is 5.97 Å². The Kier molecular flexibility index (Phi) is 6.53. The Balaban J connectivity index is 2.34. The molecule has 0 amide bonds. The monoisotopic (exact) mass is 266 g/mol. The summed E-state index contributed by atoms with van der Waals surface area (Å²) in [7, 11) is 1.32. The molecule has 1 rings (SSSR count). The van der Waals surface area contributed by atoms with E-state index >= 15 is 0 Å². The van der Waals surface area contributed by atoms with Crippen LogP contribution < -0.4 is 0 Å². The molecule has 0 fully saturated rings. The quantitative estimate of drug-likeness (QED) is 0.767. The minimum absolute atomic E-state index is 0.127. The number of aliphatic hydroxyl groups is 1. The smallest absolute Gasteiger partial charge is 0.311 e. The van der Waals surface area contributed by atoms with E-state index in [4.69, 9.17) is 4.74 Å². The topological polar surface area (TPSA) is 55.8 Å². The first-order valence-corrected chi connectivity index (χ1v) is 6.43. The average molecular weight is 266 g/mol. The lowest BCUT2D eigenvalue weighted by molar-refractivity contribution is -0.150. The summed E-state index contributed by atoms with van der Waals surface area (Å²) in [4.78, 5) is 11.3. The maximum Gasteiger partial charge on any atom is 0.311 e. The molecule has 0 aromatic heterocycles. The van der Waals surface area contributed by atoms with Crippen molar-refractivity contribution in [2.75, 3.05) is 13.7 Å². The maximum atomic E-state index is 11.3. The molecule has 0 radical (unpaired) electrons. The molecule has 0 spiro atoms. The average Bonchev–Trinajstić information content (AvgIpc) is 2.45. The Morgan fingerprint density at radius 3 is 2.47 bits per heavy atom. The fourth-order valence-electron chi connectivity index (χ4n) is 1.85. The van der Waals surface area contributed by atoms with Crippen molar-refractivity contribution in [3.63, 3.8) is 0 Å². The first-order chi connectivity index (χ1) is 9.06. The number of methoxy groups -OCH3 is 1. The summed E-state index contributed by atoms with van der Waals surface area (Å²) >= 11 is 0. The lowest BCUT2D eigenvalue weighted by Crippen LogP contribution is -2.34. The maximum absolute atomic E-state index is 11.3. The zero-order valence-corrected chi connectivity index (χ0v) is 11.7. The van der Waals surface area contributed by atoms with Crippen molar-refractivity contribution in [2.24, 2.45) is 11.8 Å². The fourth-order valence-corrected chi connectivity index (χ4v) is 1.85. The Morgan fingerprint density at radius 1 is 1.26 bits per heavy atom. The van der Waals surface area contributed by atoms with Gasteiger partial charge in [-0.1, -0.05) is 37.3 Å². The third-order valence-corrected chi connectivity index (χ3v) is 3.16. The number of rotatable bonds is 7. The van der Waals surface area contributed by atoms with Crippen LogP contribution in [0.25, 0.3) is 0 Å². The van der Waals surface area contributed by atoms with Crippen LogP contribution in [0.4, 0.5) is 0 Å². The summed E-state index contributed by atoms with van der Waals surface area (Å²) < 4.78 is 10.2. The number of esters is 1. The van der Waals surface area contributed by atoms with Crippen LogP contribution in [0.1, 0.15) is 19.4 Å². The van der Waals surface area contributed by atoms with Gasteiger partial charge in [-0.25, -0.2) is 0 Å². The van der Waals surface area contributed by atoms with E-state index in [1.54, 1.807) is 6.92 Å². The van der Waals surface area contributed by atoms with Crippen molar-refractivity contribution in [3.8, 4) is 0 Å². The SMILES string of the molecule is COC(=O)[C@@H](C)[C@@H](O)[C@H](C)COCc1ccccc1. The molecule has 1 N–H and O–H groups in total. The van der Waals surface area contributed by atoms with Gasteiger partial charge in [0.1, 0.15) is 0 Å². The molecule has 1 aromatic rings. The highest BCUT2D eigenvalue weighted by atomic mass is 16.5. The van der Waals surface area contributed by atoms with Crippen molar-refractivity contribution in [2.45, 2.75) is 26.6 Å². The van der Waals surface area contributed by atoms with Crippen molar-refractivity contribution in [1.29, 1.82) is 0 Å². The molecule has 0 aliphatic rings. The highest BCUT2D eigenvalue weighted by molar-refractivity contribution is 5.72. The van der Waals surface area contributed by atoms with E-state index in [0.29, 0.717) is 13.2 Å². The van der Waals surface area contributed by atoms with Crippen LogP contribution in [-0.2, 0) is 20.9 Å². The van der Waals surface area contributed by atoms with Gasteiger partial charge in [0.15, 0.2) is 0 Å². The molecule has 0 heterocycles. The van der Waals surface area contributed by atoms with Gasteiger partial charge in [-0.2, -0.15) is 0 Å². The second-order valence-corrected chi connectivity index (χ2v) is 4.78. The summed E-state index contributed by atoms with van der Waals surface area (Å²) in [6.07, 6.45) is -0.761. The normalized spacial score (nSPS) is 15.6. The summed E-state index contributed by atoms with van der Waals surface area (Å²) in [5, 5.41) is 10.0. The Morgan fingerprint density at radius 2 is 1.89 bits per heavy atom. The van der Waals surface area contributed by atoms with Crippen LogP contribution in [-0.4, -0.2) is 30.9 Å². The summed E-state index contributed by atoms with van der Waals surface area (Å²) in [6, 6.07) is 9.83. The van der Waals surface area contributed by atoms with E-state index in [-0.39, 0.29) is 5.92 Å². The van der Waals surface area contributed by atoms with E-state index in [9.17, 15) is 9.90 Å². The van der Waals surface area contributed by atoms with Gasteiger partial charge in [-0.15, -0.1) is 0 Å². The number of ether oxygens (including phenoxy) is 2. The van der Waals surface area contributed by atoms with Gasteiger partial charge in [0.05, 0.1) is 32.3 Å². The minimum Gasteiger partial charge on any atom is -0.469 e. The third-order valence-electron chi connectivity index (χ3n) is 3.16. The fraction of sp³-hybridized carbons (Fsp3) is 0.533. The lowest BCUT2D eigenvalue weighted by atomic mass is 9.94. The Hall–Kier alpha value is -1.39. The Labute approximate surface area is 114 Å². The van der Waals surface area contributed by atoms with E-state index in [1.807, 2.05) is 37.3 Å². The van der Waals surface area contributed by atoms with Gasteiger partial charge in [0.2, 0.25) is 0 Å². The highest BCUT2D eigenvalue weighted by Crippen LogP contribution is 2.15. The van der Waals surface area contributed by atoms with Gasteiger partial charge in [-0.05, 0) is 12.5 Å². The van der Waals surface area contributed by atoms with Crippen LogP contribution in [0.3, 0.4) is 0 Å². The molecule has 0 unspecified atom stereocenters. The highest BCUT2D eigenvalue weighted by Gasteiger charge is 2.27. The van der Waals surface area contributed by atoms with Crippen molar-refractivity contribution in [1.82, 2.24) is 0 Å².